The zero-order valence-corrected chi connectivity index (χ0v) is 13.6. The molecule has 2 aromatic rings. The molecule has 0 unspecified atom stereocenters. The lowest BCUT2D eigenvalue weighted by molar-refractivity contribution is -0.384. The van der Waals surface area contributed by atoms with Gasteiger partial charge in [0.1, 0.15) is 0 Å². The number of nitro groups is 1. The number of halogens is 1. The van der Waals surface area contributed by atoms with Crippen LogP contribution in [0.5, 0.6) is 0 Å². The molecule has 1 amide bonds. The lowest BCUT2D eigenvalue weighted by Gasteiger charge is -2.17. The summed E-state index contributed by atoms with van der Waals surface area (Å²) in [5.74, 6) is 0.252. The Morgan fingerprint density at radius 2 is 2.09 bits per heavy atom. The Kier molecular flexibility index (Phi) is 4.54. The van der Waals surface area contributed by atoms with Gasteiger partial charge in [-0.15, -0.1) is 11.8 Å². The topological polar surface area (TPSA) is 63.5 Å². The Morgan fingerprint density at radius 3 is 2.83 bits per heavy atom. The maximum Gasteiger partial charge on any atom is 0.269 e. The van der Waals surface area contributed by atoms with Crippen LogP contribution in [0.15, 0.2) is 47.4 Å². The number of anilines is 1. The Balaban J connectivity index is 1.71. The van der Waals surface area contributed by atoms with Gasteiger partial charge in [0.15, 0.2) is 0 Å². The van der Waals surface area contributed by atoms with Crippen LogP contribution >= 0.6 is 23.4 Å². The molecule has 7 heteroatoms. The average molecular weight is 349 g/mol. The highest BCUT2D eigenvalue weighted by Crippen LogP contribution is 2.33. The van der Waals surface area contributed by atoms with Crippen molar-refractivity contribution in [1.29, 1.82) is 0 Å². The summed E-state index contributed by atoms with van der Waals surface area (Å²) in [5.41, 5.74) is 1.67. The second-order valence-electron chi connectivity index (χ2n) is 5.08. The summed E-state index contributed by atoms with van der Waals surface area (Å²) in [6, 6.07) is 12.0. The predicted octanol–water partition coefficient (Wildman–Crippen LogP) is 3.93. The number of nitro benzene ring substituents is 1. The molecule has 0 bridgehead atoms. The van der Waals surface area contributed by atoms with Crippen LogP contribution in [-0.2, 0) is 11.2 Å². The van der Waals surface area contributed by atoms with E-state index in [9.17, 15) is 14.9 Å². The molecule has 1 aliphatic rings. The highest BCUT2D eigenvalue weighted by molar-refractivity contribution is 8.00. The van der Waals surface area contributed by atoms with Crippen LogP contribution < -0.4 is 4.90 Å². The fraction of sp³-hybridized carbons (Fsp3) is 0.188. The summed E-state index contributed by atoms with van der Waals surface area (Å²) >= 11 is 7.48. The average Bonchev–Trinajstić information content (AvgIpc) is 2.97. The van der Waals surface area contributed by atoms with Gasteiger partial charge in [0, 0.05) is 29.3 Å². The number of hydrogen-bond donors (Lipinski definition) is 0. The number of thioether (sulfide) groups is 1. The molecule has 2 aromatic carbocycles. The van der Waals surface area contributed by atoms with Crippen molar-refractivity contribution in [2.24, 2.45) is 0 Å². The third-order valence-electron chi connectivity index (χ3n) is 3.66. The molecule has 0 radical (unpaired) electrons. The molecule has 0 saturated carbocycles. The molecule has 3 rings (SSSR count). The minimum absolute atomic E-state index is 0.0254. The summed E-state index contributed by atoms with van der Waals surface area (Å²) in [7, 11) is 0. The Morgan fingerprint density at radius 1 is 1.30 bits per heavy atom. The van der Waals surface area contributed by atoms with Crippen LogP contribution in [0.4, 0.5) is 11.4 Å². The number of fused-ring (bicyclic) bond motifs is 1. The van der Waals surface area contributed by atoms with Crippen LogP contribution in [0.2, 0.25) is 5.02 Å². The summed E-state index contributed by atoms with van der Waals surface area (Å²) in [5, 5.41) is 11.4. The number of carbonyl (C=O) groups is 1. The second-order valence-corrected chi connectivity index (χ2v) is 6.51. The van der Waals surface area contributed by atoms with Crippen molar-refractivity contribution in [3.05, 3.63) is 63.2 Å². The molecule has 0 spiro atoms. The summed E-state index contributed by atoms with van der Waals surface area (Å²) in [6.07, 6.45) is 0.638. The summed E-state index contributed by atoms with van der Waals surface area (Å²) in [4.78, 5) is 25.4. The summed E-state index contributed by atoms with van der Waals surface area (Å²) in [6.45, 7) is 0.554. The maximum absolute atomic E-state index is 12.4. The van der Waals surface area contributed by atoms with Gasteiger partial charge in [-0.25, -0.2) is 0 Å². The molecule has 23 heavy (non-hydrogen) atoms. The van der Waals surface area contributed by atoms with Crippen LogP contribution in [-0.4, -0.2) is 23.1 Å². The van der Waals surface area contributed by atoms with Gasteiger partial charge in [-0.1, -0.05) is 23.7 Å². The molecule has 0 saturated heterocycles. The van der Waals surface area contributed by atoms with Gasteiger partial charge in [-0.05, 0) is 30.2 Å². The van der Waals surface area contributed by atoms with Gasteiger partial charge < -0.3 is 4.90 Å². The number of hydrogen-bond acceptors (Lipinski definition) is 4. The van der Waals surface area contributed by atoms with E-state index in [1.165, 1.54) is 17.8 Å². The van der Waals surface area contributed by atoms with E-state index < -0.39 is 4.92 Å². The molecule has 1 aliphatic heterocycles. The van der Waals surface area contributed by atoms with Crippen molar-refractivity contribution in [3.8, 4) is 0 Å². The lowest BCUT2D eigenvalue weighted by Crippen LogP contribution is -2.30. The number of nitrogens with zero attached hydrogens (tertiary/aromatic N) is 2. The van der Waals surface area contributed by atoms with Crippen LogP contribution in [0, 0.1) is 10.1 Å². The largest absolute Gasteiger partial charge is 0.311 e. The smallest absolute Gasteiger partial charge is 0.269 e. The van der Waals surface area contributed by atoms with Crippen molar-refractivity contribution in [1.82, 2.24) is 0 Å². The molecular weight excluding hydrogens is 336 g/mol. The number of benzene rings is 2. The van der Waals surface area contributed by atoms with Gasteiger partial charge in [-0.2, -0.15) is 0 Å². The quantitative estimate of drug-likeness (QED) is 0.477. The zero-order chi connectivity index (χ0) is 16.4. The van der Waals surface area contributed by atoms with Crippen LogP contribution in [0.25, 0.3) is 0 Å². The van der Waals surface area contributed by atoms with Gasteiger partial charge in [0.2, 0.25) is 5.91 Å². The van der Waals surface area contributed by atoms with Gasteiger partial charge >= 0.3 is 0 Å². The van der Waals surface area contributed by atoms with Crippen molar-refractivity contribution < 1.29 is 9.72 Å². The van der Waals surface area contributed by atoms with E-state index in [0.717, 1.165) is 16.1 Å². The SMILES string of the molecule is O=C(CSc1ccccc1Cl)N1CCc2cc([N+](=O)[O-])ccc21. The fourth-order valence-corrected chi connectivity index (χ4v) is 3.65. The highest BCUT2D eigenvalue weighted by Gasteiger charge is 2.26. The fourth-order valence-electron chi connectivity index (χ4n) is 2.54. The van der Waals surface area contributed by atoms with E-state index in [1.807, 2.05) is 18.2 Å². The van der Waals surface area contributed by atoms with Crippen LogP contribution in [0.3, 0.4) is 0 Å². The van der Waals surface area contributed by atoms with Crippen molar-refractivity contribution in [2.75, 3.05) is 17.2 Å². The second kappa shape index (κ2) is 6.60. The van der Waals surface area contributed by atoms with Gasteiger partial charge in [0.25, 0.3) is 5.69 Å². The molecule has 0 aromatic heterocycles. The third kappa shape index (κ3) is 3.33. The molecule has 0 fully saturated rings. The van der Waals surface area contributed by atoms with Crippen molar-refractivity contribution in [2.45, 2.75) is 11.3 Å². The van der Waals surface area contributed by atoms with E-state index in [2.05, 4.69) is 0 Å². The number of amides is 1. The van der Waals surface area contributed by atoms with E-state index >= 15 is 0 Å². The van der Waals surface area contributed by atoms with Gasteiger partial charge in [-0.3, -0.25) is 14.9 Å². The number of carbonyl (C=O) groups excluding carboxylic acids is 1. The first kappa shape index (κ1) is 15.8. The first-order valence-corrected chi connectivity index (χ1v) is 8.37. The van der Waals surface area contributed by atoms with Crippen molar-refractivity contribution >= 4 is 40.6 Å². The predicted molar refractivity (Wildman–Crippen MR) is 91.3 cm³/mol. The first-order valence-electron chi connectivity index (χ1n) is 7.01. The van der Waals surface area contributed by atoms with E-state index in [1.54, 1.807) is 23.1 Å². The molecule has 1 heterocycles. The van der Waals surface area contributed by atoms with E-state index in [4.69, 9.17) is 11.6 Å². The molecule has 0 aliphatic carbocycles. The van der Waals surface area contributed by atoms with Crippen LogP contribution in [0.1, 0.15) is 5.56 Å². The third-order valence-corrected chi connectivity index (χ3v) is 5.16. The molecule has 0 atom stereocenters. The van der Waals surface area contributed by atoms with E-state index in [0.29, 0.717) is 18.0 Å². The Bertz CT molecular complexity index is 782. The molecule has 118 valence electrons. The number of rotatable bonds is 4. The standard InChI is InChI=1S/C16H13ClN2O3S/c17-13-3-1-2-4-15(13)23-10-16(20)18-8-7-11-9-12(19(21)22)5-6-14(11)18/h1-6,9H,7-8,10H2. The highest BCUT2D eigenvalue weighted by atomic mass is 35.5. The lowest BCUT2D eigenvalue weighted by atomic mass is 10.1. The molecule has 0 N–H and O–H groups in total. The Labute approximate surface area is 142 Å². The Hall–Kier alpha value is -2.05. The van der Waals surface area contributed by atoms with Gasteiger partial charge in [0.05, 0.1) is 15.7 Å². The molecular formula is C16H13ClN2O3S. The first-order chi connectivity index (χ1) is 11.1. The minimum Gasteiger partial charge on any atom is -0.311 e. The maximum atomic E-state index is 12.4. The number of non-ortho nitro benzene ring substituents is 1. The minimum atomic E-state index is -0.419. The zero-order valence-electron chi connectivity index (χ0n) is 12.1. The van der Waals surface area contributed by atoms with Crippen molar-refractivity contribution in [3.63, 3.8) is 0 Å². The normalized spacial score (nSPS) is 13.0. The summed E-state index contributed by atoms with van der Waals surface area (Å²) < 4.78 is 0. The van der Waals surface area contributed by atoms with E-state index in [-0.39, 0.29) is 17.3 Å². The monoisotopic (exact) mass is 348 g/mol. The molecule has 5 nitrogen and oxygen atoms in total.